The number of likely N-dealkylation sites (N-methyl/N-ethyl adjacent to an activating group) is 1. The molecule has 2 aromatic rings. The Morgan fingerprint density at radius 1 is 1.07 bits per heavy atom. The fourth-order valence-electron chi connectivity index (χ4n) is 2.97. The molecule has 0 unspecified atom stereocenters. The number of nitrogens with zero attached hydrogens (tertiary/aromatic N) is 2. The third-order valence-corrected chi connectivity index (χ3v) is 4.37. The normalized spacial score (nSPS) is 11.7. The zero-order valence-corrected chi connectivity index (χ0v) is 16.4. The standard InChI is InChI=1S/C20H24F3N3O2/c1-13-5-7-16(8-6-13)24-19(28)11-25(4)10-18(27)17-9-14(2)26(15(17)3)12-20(21,22)23/h5-9H,10-12H2,1-4H3,(H,24,28). The number of hydrogen-bond donors (Lipinski definition) is 1. The molecule has 2 rings (SSSR count). The highest BCUT2D eigenvalue weighted by molar-refractivity contribution is 5.99. The molecule has 0 aliphatic rings. The van der Waals surface area contributed by atoms with Crippen LogP contribution in [0.2, 0.25) is 0 Å². The molecule has 0 aliphatic heterocycles. The lowest BCUT2D eigenvalue weighted by molar-refractivity contribution is -0.141. The molecule has 152 valence electrons. The predicted octanol–water partition coefficient (Wildman–Crippen LogP) is 3.73. The molecular weight excluding hydrogens is 371 g/mol. The maximum atomic E-state index is 12.7. The summed E-state index contributed by atoms with van der Waals surface area (Å²) in [5, 5.41) is 2.74. The minimum Gasteiger partial charge on any atom is -0.339 e. The SMILES string of the molecule is Cc1ccc(NC(=O)CN(C)CC(=O)c2cc(C)n(CC(F)(F)F)c2C)cc1. The minimum absolute atomic E-state index is 0.0130. The largest absolute Gasteiger partial charge is 0.406 e. The van der Waals surface area contributed by atoms with Crippen LogP contribution in [0.15, 0.2) is 30.3 Å². The number of alkyl halides is 3. The number of aromatic nitrogens is 1. The maximum Gasteiger partial charge on any atom is 0.406 e. The number of benzene rings is 1. The summed E-state index contributed by atoms with van der Waals surface area (Å²) in [5.74, 6) is -0.603. The van der Waals surface area contributed by atoms with Crippen LogP contribution in [0.3, 0.4) is 0 Å². The third kappa shape index (κ3) is 5.95. The van der Waals surface area contributed by atoms with Crippen molar-refractivity contribution in [2.24, 2.45) is 0 Å². The smallest absolute Gasteiger partial charge is 0.339 e. The Bertz CT molecular complexity index is 855. The number of rotatable bonds is 7. The Morgan fingerprint density at radius 2 is 1.68 bits per heavy atom. The van der Waals surface area contributed by atoms with Gasteiger partial charge in [0.2, 0.25) is 5.91 Å². The first kappa shape index (κ1) is 21.7. The molecule has 0 spiro atoms. The van der Waals surface area contributed by atoms with E-state index in [1.54, 1.807) is 19.2 Å². The summed E-state index contributed by atoms with van der Waals surface area (Å²) in [6, 6.07) is 8.78. The zero-order chi connectivity index (χ0) is 21.1. The monoisotopic (exact) mass is 395 g/mol. The van der Waals surface area contributed by atoms with Gasteiger partial charge < -0.3 is 9.88 Å². The van der Waals surface area contributed by atoms with Gasteiger partial charge in [-0.1, -0.05) is 17.7 Å². The van der Waals surface area contributed by atoms with Crippen LogP contribution in [0, 0.1) is 20.8 Å². The number of carbonyl (C=O) groups is 2. The van der Waals surface area contributed by atoms with Crippen molar-refractivity contribution in [1.29, 1.82) is 0 Å². The maximum absolute atomic E-state index is 12.7. The molecule has 1 N–H and O–H groups in total. The van der Waals surface area contributed by atoms with Gasteiger partial charge in [0.15, 0.2) is 5.78 Å². The van der Waals surface area contributed by atoms with Gasteiger partial charge in [0.1, 0.15) is 6.54 Å². The van der Waals surface area contributed by atoms with E-state index in [2.05, 4.69) is 5.32 Å². The molecule has 1 aromatic carbocycles. The topological polar surface area (TPSA) is 54.3 Å². The summed E-state index contributed by atoms with van der Waals surface area (Å²) >= 11 is 0. The molecule has 0 aliphatic carbocycles. The van der Waals surface area contributed by atoms with Crippen LogP contribution in [0.5, 0.6) is 0 Å². The molecule has 0 atom stereocenters. The Labute approximate surface area is 162 Å². The Balaban J connectivity index is 1.97. The second kappa shape index (κ2) is 8.60. The van der Waals surface area contributed by atoms with Crippen LogP contribution in [0.4, 0.5) is 18.9 Å². The quantitative estimate of drug-likeness (QED) is 0.727. The summed E-state index contributed by atoms with van der Waals surface area (Å²) in [4.78, 5) is 26.2. The van der Waals surface area contributed by atoms with Crippen molar-refractivity contribution in [1.82, 2.24) is 9.47 Å². The van der Waals surface area contributed by atoms with Gasteiger partial charge in [-0.15, -0.1) is 0 Å². The van der Waals surface area contributed by atoms with Gasteiger partial charge in [0, 0.05) is 22.6 Å². The third-order valence-electron chi connectivity index (χ3n) is 4.37. The van der Waals surface area contributed by atoms with Crippen LogP contribution in [-0.2, 0) is 11.3 Å². The molecule has 1 heterocycles. The van der Waals surface area contributed by atoms with Crippen molar-refractivity contribution in [3.63, 3.8) is 0 Å². The van der Waals surface area contributed by atoms with Crippen LogP contribution >= 0.6 is 0 Å². The second-order valence-electron chi connectivity index (χ2n) is 7.00. The van der Waals surface area contributed by atoms with Crippen molar-refractivity contribution in [2.75, 3.05) is 25.5 Å². The number of nitrogens with one attached hydrogen (secondary N) is 1. The van der Waals surface area contributed by atoms with E-state index in [4.69, 9.17) is 0 Å². The predicted molar refractivity (Wildman–Crippen MR) is 102 cm³/mol. The molecule has 0 fully saturated rings. The number of hydrogen-bond acceptors (Lipinski definition) is 3. The van der Waals surface area contributed by atoms with Crippen LogP contribution in [-0.4, -0.2) is 47.5 Å². The van der Waals surface area contributed by atoms with Gasteiger partial charge in [-0.2, -0.15) is 13.2 Å². The lowest BCUT2D eigenvalue weighted by Crippen LogP contribution is -2.34. The second-order valence-corrected chi connectivity index (χ2v) is 7.00. The van der Waals surface area contributed by atoms with Crippen molar-refractivity contribution in [2.45, 2.75) is 33.5 Å². The molecule has 0 saturated carbocycles. The molecule has 5 nitrogen and oxygen atoms in total. The first-order valence-electron chi connectivity index (χ1n) is 8.78. The highest BCUT2D eigenvalue weighted by Gasteiger charge is 2.30. The number of anilines is 1. The summed E-state index contributed by atoms with van der Waals surface area (Å²) in [5.41, 5.74) is 2.62. The fourth-order valence-corrected chi connectivity index (χ4v) is 2.97. The Morgan fingerprint density at radius 3 is 2.25 bits per heavy atom. The number of carbonyl (C=O) groups excluding carboxylic acids is 2. The summed E-state index contributed by atoms with van der Waals surface area (Å²) < 4.78 is 39.2. The molecule has 0 bridgehead atoms. The number of ketones is 1. The van der Waals surface area contributed by atoms with E-state index in [1.165, 1.54) is 24.8 Å². The zero-order valence-electron chi connectivity index (χ0n) is 16.4. The Kier molecular flexibility index (Phi) is 6.66. The average molecular weight is 395 g/mol. The van der Waals surface area contributed by atoms with Crippen molar-refractivity contribution in [3.05, 3.63) is 52.8 Å². The molecule has 0 saturated heterocycles. The van der Waals surface area contributed by atoms with E-state index in [0.717, 1.165) is 10.1 Å². The van der Waals surface area contributed by atoms with E-state index in [1.807, 2.05) is 19.1 Å². The highest BCUT2D eigenvalue weighted by atomic mass is 19.4. The molecule has 1 aromatic heterocycles. The van der Waals surface area contributed by atoms with Gasteiger partial charge in [0.05, 0.1) is 13.1 Å². The number of Topliss-reactive ketones (excluding diaryl/α,β-unsaturated/α-hetero) is 1. The van der Waals surface area contributed by atoms with Gasteiger partial charge in [-0.05, 0) is 46.0 Å². The summed E-state index contributed by atoms with van der Waals surface area (Å²) in [7, 11) is 1.61. The fraction of sp³-hybridized carbons (Fsp3) is 0.400. The molecule has 1 amide bonds. The number of aryl methyl sites for hydroxylation is 2. The van der Waals surface area contributed by atoms with Gasteiger partial charge >= 0.3 is 6.18 Å². The van der Waals surface area contributed by atoms with Crippen LogP contribution < -0.4 is 5.32 Å². The lowest BCUT2D eigenvalue weighted by atomic mass is 10.1. The van der Waals surface area contributed by atoms with Crippen LogP contribution in [0.25, 0.3) is 0 Å². The number of halogens is 3. The van der Waals surface area contributed by atoms with Crippen molar-refractivity contribution in [3.8, 4) is 0 Å². The summed E-state index contributed by atoms with van der Waals surface area (Å²) in [6.07, 6.45) is -4.36. The molecule has 8 heteroatoms. The van der Waals surface area contributed by atoms with E-state index in [-0.39, 0.29) is 36.0 Å². The van der Waals surface area contributed by atoms with Crippen molar-refractivity contribution < 1.29 is 22.8 Å². The number of amides is 1. The molecule has 0 radical (unpaired) electrons. The van der Waals surface area contributed by atoms with E-state index < -0.39 is 12.7 Å². The molecule has 28 heavy (non-hydrogen) atoms. The first-order valence-corrected chi connectivity index (χ1v) is 8.78. The molecular formula is C20H24F3N3O2. The first-order chi connectivity index (χ1) is 13.0. The summed E-state index contributed by atoms with van der Waals surface area (Å²) in [6.45, 7) is 3.76. The average Bonchev–Trinajstić information content (AvgIpc) is 2.83. The van der Waals surface area contributed by atoms with Crippen molar-refractivity contribution >= 4 is 17.4 Å². The van der Waals surface area contributed by atoms with Crippen LogP contribution in [0.1, 0.15) is 27.3 Å². The van der Waals surface area contributed by atoms with Gasteiger partial charge in [-0.3, -0.25) is 14.5 Å². The Hall–Kier alpha value is -2.61. The lowest BCUT2D eigenvalue weighted by Gasteiger charge is -2.16. The van der Waals surface area contributed by atoms with Gasteiger partial charge in [-0.25, -0.2) is 0 Å². The van der Waals surface area contributed by atoms with Gasteiger partial charge in [0.25, 0.3) is 0 Å². The van der Waals surface area contributed by atoms with E-state index in [0.29, 0.717) is 11.4 Å². The minimum atomic E-state index is -4.36. The van der Waals surface area contributed by atoms with E-state index in [9.17, 15) is 22.8 Å². The van der Waals surface area contributed by atoms with E-state index >= 15 is 0 Å². The highest BCUT2D eigenvalue weighted by Crippen LogP contribution is 2.23.